The second-order valence-electron chi connectivity index (χ2n) is 6.58. The number of aromatic nitrogens is 3. The van der Waals surface area contributed by atoms with E-state index < -0.39 is 0 Å². The Morgan fingerprint density at radius 2 is 2.04 bits per heavy atom. The molecule has 138 valence electrons. The summed E-state index contributed by atoms with van der Waals surface area (Å²) < 4.78 is 0. The normalized spacial score (nSPS) is 14.0. The van der Waals surface area contributed by atoms with Crippen molar-refractivity contribution in [3.8, 4) is 0 Å². The molecule has 1 heterocycles. The van der Waals surface area contributed by atoms with Crippen LogP contribution in [-0.4, -0.2) is 40.2 Å². The first-order chi connectivity index (χ1) is 12.4. The van der Waals surface area contributed by atoms with Gasteiger partial charge in [-0.05, 0) is 49.4 Å². The van der Waals surface area contributed by atoms with Gasteiger partial charge in [-0.15, -0.1) is 11.8 Å². The Kier molecular flexibility index (Phi) is 5.61. The number of anilines is 3. The highest BCUT2D eigenvalue weighted by atomic mass is 32.2. The van der Waals surface area contributed by atoms with Gasteiger partial charge in [-0.3, -0.25) is 4.79 Å². The molecule has 1 aromatic carbocycles. The minimum absolute atomic E-state index is 0.0252. The van der Waals surface area contributed by atoms with Gasteiger partial charge < -0.3 is 16.0 Å². The first kappa shape index (κ1) is 18.4. The van der Waals surface area contributed by atoms with E-state index in [1.807, 2.05) is 27.1 Å². The molecule has 0 aliphatic heterocycles. The molecule has 0 radical (unpaired) electrons. The summed E-state index contributed by atoms with van der Waals surface area (Å²) in [6.45, 7) is 1.88. The number of thioether (sulfide) groups is 1. The van der Waals surface area contributed by atoms with Crippen LogP contribution >= 0.6 is 11.8 Å². The first-order valence-electron chi connectivity index (χ1n) is 8.64. The molecule has 1 aromatic heterocycles. The molecule has 26 heavy (non-hydrogen) atoms. The zero-order chi connectivity index (χ0) is 18.7. The van der Waals surface area contributed by atoms with Crippen LogP contribution in [0.25, 0.3) is 0 Å². The highest BCUT2D eigenvalue weighted by Crippen LogP contribution is 2.25. The lowest BCUT2D eigenvalue weighted by molar-refractivity contribution is -0.115. The second-order valence-corrected chi connectivity index (χ2v) is 7.91. The zero-order valence-electron chi connectivity index (χ0n) is 15.3. The van der Waals surface area contributed by atoms with Crippen molar-refractivity contribution in [2.75, 3.05) is 30.0 Å². The minimum atomic E-state index is -0.232. The summed E-state index contributed by atoms with van der Waals surface area (Å²) in [5, 5.41) is 2.77. The molecule has 2 aromatic rings. The van der Waals surface area contributed by atoms with Crippen LogP contribution in [0.3, 0.4) is 0 Å². The van der Waals surface area contributed by atoms with Crippen molar-refractivity contribution < 1.29 is 4.79 Å². The molecular formula is C18H24N6OS. The third kappa shape index (κ3) is 4.43. The smallest absolute Gasteiger partial charge is 0.237 e. The summed E-state index contributed by atoms with van der Waals surface area (Å²) in [7, 11) is 3.69. The van der Waals surface area contributed by atoms with Crippen molar-refractivity contribution in [2.24, 2.45) is 0 Å². The van der Waals surface area contributed by atoms with Crippen LogP contribution in [0.2, 0.25) is 0 Å². The fourth-order valence-corrected chi connectivity index (χ4v) is 3.60. The van der Waals surface area contributed by atoms with Crippen molar-refractivity contribution >= 4 is 35.3 Å². The summed E-state index contributed by atoms with van der Waals surface area (Å²) >= 11 is 1.47. The number of hydrogen-bond acceptors (Lipinski definition) is 7. The molecule has 3 rings (SSSR count). The van der Waals surface area contributed by atoms with Gasteiger partial charge in [0.15, 0.2) is 0 Å². The Morgan fingerprint density at radius 3 is 2.81 bits per heavy atom. The number of carbonyl (C=O) groups is 1. The Bertz CT molecular complexity index is 810. The number of hydrogen-bond donors (Lipinski definition) is 2. The third-order valence-corrected chi connectivity index (χ3v) is 5.42. The predicted octanol–water partition coefficient (Wildman–Crippen LogP) is 2.27. The predicted molar refractivity (Wildman–Crippen MR) is 106 cm³/mol. The van der Waals surface area contributed by atoms with E-state index in [0.717, 1.165) is 18.5 Å². The van der Waals surface area contributed by atoms with E-state index in [1.165, 1.54) is 29.3 Å². The molecule has 3 N–H and O–H groups in total. The monoisotopic (exact) mass is 372 g/mol. The lowest BCUT2D eigenvalue weighted by Gasteiger charge is -2.14. The molecule has 0 saturated heterocycles. The van der Waals surface area contributed by atoms with Crippen LogP contribution in [0.5, 0.6) is 0 Å². The molecule has 1 aliphatic rings. The molecule has 8 heteroatoms. The summed E-state index contributed by atoms with van der Waals surface area (Å²) in [6.07, 6.45) is 3.43. The maximum absolute atomic E-state index is 12.5. The SMILES string of the molecule is CC(SCc1nc(N)nc(N(C)C)n1)C(=O)Nc1ccc2c(c1)CCC2. The molecule has 1 amide bonds. The van der Waals surface area contributed by atoms with Crippen LogP contribution in [0.1, 0.15) is 30.3 Å². The number of nitrogens with one attached hydrogen (secondary N) is 1. The summed E-state index contributed by atoms with van der Waals surface area (Å²) in [6, 6.07) is 6.19. The lowest BCUT2D eigenvalue weighted by atomic mass is 10.1. The van der Waals surface area contributed by atoms with Gasteiger partial charge in [-0.1, -0.05) is 6.07 Å². The Balaban J connectivity index is 1.58. The average molecular weight is 372 g/mol. The molecule has 0 saturated carbocycles. The first-order valence-corrected chi connectivity index (χ1v) is 9.69. The number of nitrogens with two attached hydrogens (primary N) is 1. The topological polar surface area (TPSA) is 97.0 Å². The van der Waals surface area contributed by atoms with Gasteiger partial charge in [0.05, 0.1) is 11.0 Å². The zero-order valence-corrected chi connectivity index (χ0v) is 16.1. The van der Waals surface area contributed by atoms with Crippen LogP contribution in [0, 0.1) is 0 Å². The number of nitrogen functional groups attached to an aromatic ring is 1. The molecule has 1 atom stereocenters. The number of fused-ring (bicyclic) bond motifs is 1. The Hall–Kier alpha value is -2.35. The molecule has 1 aliphatic carbocycles. The third-order valence-electron chi connectivity index (χ3n) is 4.28. The van der Waals surface area contributed by atoms with Crippen LogP contribution < -0.4 is 16.0 Å². The van der Waals surface area contributed by atoms with Crippen molar-refractivity contribution in [2.45, 2.75) is 37.2 Å². The standard InChI is InChI=1S/C18H24N6OS/c1-11(26-10-15-21-17(19)23-18(22-15)24(2)3)16(25)20-14-8-7-12-5-4-6-13(12)9-14/h7-9,11H,4-6,10H2,1-3H3,(H,20,25)(H2,19,21,22,23). The Labute approximate surface area is 157 Å². The van der Waals surface area contributed by atoms with Crippen molar-refractivity contribution in [3.63, 3.8) is 0 Å². The molecular weight excluding hydrogens is 348 g/mol. The second kappa shape index (κ2) is 7.90. The van der Waals surface area contributed by atoms with E-state index in [2.05, 4.69) is 32.4 Å². The molecule has 0 bridgehead atoms. The van der Waals surface area contributed by atoms with Gasteiger partial charge in [-0.2, -0.15) is 15.0 Å². The highest BCUT2D eigenvalue weighted by Gasteiger charge is 2.17. The molecule has 7 nitrogen and oxygen atoms in total. The quantitative estimate of drug-likeness (QED) is 0.803. The largest absolute Gasteiger partial charge is 0.368 e. The molecule has 1 unspecified atom stereocenters. The van der Waals surface area contributed by atoms with Gasteiger partial charge >= 0.3 is 0 Å². The molecule has 0 spiro atoms. The average Bonchev–Trinajstić information content (AvgIpc) is 3.06. The summed E-state index contributed by atoms with van der Waals surface area (Å²) in [5.74, 6) is 1.75. The van der Waals surface area contributed by atoms with E-state index in [9.17, 15) is 4.79 Å². The van der Waals surface area contributed by atoms with Crippen molar-refractivity contribution in [1.82, 2.24) is 15.0 Å². The van der Waals surface area contributed by atoms with E-state index in [1.54, 1.807) is 4.90 Å². The van der Waals surface area contributed by atoms with Crippen LogP contribution in [-0.2, 0) is 23.4 Å². The van der Waals surface area contributed by atoms with Gasteiger partial charge in [0.1, 0.15) is 5.82 Å². The number of rotatable bonds is 6. The fourth-order valence-electron chi connectivity index (χ4n) is 2.86. The molecule has 0 fully saturated rings. The maximum Gasteiger partial charge on any atom is 0.237 e. The minimum Gasteiger partial charge on any atom is -0.368 e. The van der Waals surface area contributed by atoms with Crippen LogP contribution in [0.4, 0.5) is 17.6 Å². The van der Waals surface area contributed by atoms with Gasteiger partial charge in [0.25, 0.3) is 0 Å². The van der Waals surface area contributed by atoms with Gasteiger partial charge in [-0.25, -0.2) is 0 Å². The maximum atomic E-state index is 12.5. The van der Waals surface area contributed by atoms with E-state index in [-0.39, 0.29) is 17.1 Å². The highest BCUT2D eigenvalue weighted by molar-refractivity contribution is 7.99. The van der Waals surface area contributed by atoms with Gasteiger partial charge in [0.2, 0.25) is 17.8 Å². The van der Waals surface area contributed by atoms with E-state index in [4.69, 9.17) is 5.73 Å². The van der Waals surface area contributed by atoms with E-state index in [0.29, 0.717) is 17.5 Å². The Morgan fingerprint density at radius 1 is 1.27 bits per heavy atom. The van der Waals surface area contributed by atoms with Crippen LogP contribution in [0.15, 0.2) is 18.2 Å². The number of aryl methyl sites for hydroxylation is 2. The summed E-state index contributed by atoms with van der Waals surface area (Å²) in [4.78, 5) is 26.8. The fraction of sp³-hybridized carbons (Fsp3) is 0.444. The lowest BCUT2D eigenvalue weighted by Crippen LogP contribution is -2.23. The summed E-state index contributed by atoms with van der Waals surface area (Å²) in [5.41, 5.74) is 9.34. The van der Waals surface area contributed by atoms with E-state index >= 15 is 0 Å². The number of amides is 1. The number of nitrogens with zero attached hydrogens (tertiary/aromatic N) is 4. The van der Waals surface area contributed by atoms with Crippen molar-refractivity contribution in [3.05, 3.63) is 35.2 Å². The number of benzene rings is 1. The number of carbonyl (C=O) groups excluding carboxylic acids is 1. The van der Waals surface area contributed by atoms with Gasteiger partial charge in [0, 0.05) is 19.8 Å². The van der Waals surface area contributed by atoms with Crippen molar-refractivity contribution in [1.29, 1.82) is 0 Å².